The van der Waals surface area contributed by atoms with Gasteiger partial charge in [-0.05, 0) is 41.1 Å². The van der Waals surface area contributed by atoms with Gasteiger partial charge in [-0.15, -0.1) is 11.3 Å². The number of nitrogens with zero attached hydrogens (tertiary/aromatic N) is 1. The fourth-order valence-corrected chi connectivity index (χ4v) is 6.05. The van der Waals surface area contributed by atoms with Crippen molar-refractivity contribution in [2.24, 2.45) is 0 Å². The monoisotopic (exact) mass is 456 g/mol. The van der Waals surface area contributed by atoms with Crippen LogP contribution in [-0.2, 0) is 23.0 Å². The van der Waals surface area contributed by atoms with Gasteiger partial charge in [0.15, 0.2) is 11.5 Å². The number of hydrogen-bond donors (Lipinski definition) is 1. The molecule has 2 aliphatic rings. The highest BCUT2D eigenvalue weighted by molar-refractivity contribution is 7.89. The lowest BCUT2D eigenvalue weighted by Gasteiger charge is -2.35. The Morgan fingerprint density at radius 2 is 1.81 bits per heavy atom. The highest BCUT2D eigenvalue weighted by Gasteiger charge is 2.28. The summed E-state index contributed by atoms with van der Waals surface area (Å²) in [6.45, 7) is 2.90. The second kappa shape index (κ2) is 8.63. The molecule has 0 saturated heterocycles. The molecule has 0 unspecified atom stereocenters. The molecule has 2 aliphatic heterocycles. The lowest BCUT2D eigenvalue weighted by Crippen LogP contribution is -2.40. The fourth-order valence-electron chi connectivity index (χ4n) is 4.14. The highest BCUT2D eigenvalue weighted by Crippen LogP contribution is 2.33. The van der Waals surface area contributed by atoms with E-state index in [-0.39, 0.29) is 10.9 Å². The minimum absolute atomic E-state index is 0.0275. The molecule has 2 aromatic carbocycles. The predicted octanol–water partition coefficient (Wildman–Crippen LogP) is 3.60. The van der Waals surface area contributed by atoms with Gasteiger partial charge in [-0.3, -0.25) is 4.90 Å². The van der Waals surface area contributed by atoms with E-state index in [4.69, 9.17) is 9.47 Å². The largest absolute Gasteiger partial charge is 0.486 e. The first-order chi connectivity index (χ1) is 15.1. The van der Waals surface area contributed by atoms with E-state index in [1.807, 2.05) is 11.4 Å². The van der Waals surface area contributed by atoms with Crippen molar-refractivity contribution in [1.29, 1.82) is 0 Å². The summed E-state index contributed by atoms with van der Waals surface area (Å²) in [5.74, 6) is 1.05. The van der Waals surface area contributed by atoms with Crippen LogP contribution in [0.5, 0.6) is 11.5 Å². The molecule has 0 radical (unpaired) electrons. The number of hydrogen-bond acceptors (Lipinski definition) is 6. The molecule has 0 fully saturated rings. The van der Waals surface area contributed by atoms with E-state index in [2.05, 4.69) is 40.0 Å². The number of nitrogens with one attached hydrogen (secondary N) is 1. The first-order valence-electron chi connectivity index (χ1n) is 10.3. The van der Waals surface area contributed by atoms with E-state index in [0.29, 0.717) is 31.3 Å². The summed E-state index contributed by atoms with van der Waals surface area (Å²) in [4.78, 5) is 3.70. The topological polar surface area (TPSA) is 67.9 Å². The second-order valence-corrected chi connectivity index (χ2v) is 10.4. The Kier molecular flexibility index (Phi) is 5.71. The number of ether oxygens (including phenoxy) is 2. The molecule has 3 aromatic rings. The Labute approximate surface area is 186 Å². The first kappa shape index (κ1) is 20.5. The average Bonchev–Trinajstić information content (AvgIpc) is 3.33. The van der Waals surface area contributed by atoms with Crippen molar-refractivity contribution >= 4 is 21.4 Å². The van der Waals surface area contributed by atoms with E-state index in [1.165, 1.54) is 17.2 Å². The smallest absolute Gasteiger partial charge is 0.240 e. The maximum Gasteiger partial charge on any atom is 0.240 e. The summed E-state index contributed by atoms with van der Waals surface area (Å²) < 4.78 is 40.0. The molecule has 6 nitrogen and oxygen atoms in total. The third kappa shape index (κ3) is 4.34. The van der Waals surface area contributed by atoms with Gasteiger partial charge in [-0.25, -0.2) is 13.1 Å². The standard InChI is InChI=1S/C23H24N2O4S2/c26-31(27,19-7-8-21-22(14-19)29-12-11-28-21)24-15-20(23-6-3-13-30-23)25-10-9-17-4-1-2-5-18(17)16-25/h1-8,13-14,20,24H,9-12,15-16H2/t20-/m0/s1. The average molecular weight is 457 g/mol. The molecule has 0 saturated carbocycles. The molecule has 1 aromatic heterocycles. The second-order valence-electron chi connectivity index (χ2n) is 7.68. The van der Waals surface area contributed by atoms with Crippen LogP contribution < -0.4 is 14.2 Å². The van der Waals surface area contributed by atoms with Gasteiger partial charge in [0.2, 0.25) is 10.0 Å². The third-order valence-corrected chi connectivity index (χ3v) is 8.16. The Bertz CT molecular complexity index is 1160. The van der Waals surface area contributed by atoms with Gasteiger partial charge in [0.1, 0.15) is 13.2 Å². The SMILES string of the molecule is O=S(=O)(NC[C@@H](c1cccs1)N1CCc2ccccc2C1)c1ccc2c(c1)OCCO2. The van der Waals surface area contributed by atoms with Gasteiger partial charge in [-0.2, -0.15) is 0 Å². The number of fused-ring (bicyclic) bond motifs is 2. The zero-order chi connectivity index (χ0) is 21.3. The van der Waals surface area contributed by atoms with Crippen LogP contribution in [0, 0.1) is 0 Å². The van der Waals surface area contributed by atoms with Crippen molar-refractivity contribution in [3.05, 3.63) is 76.0 Å². The van der Waals surface area contributed by atoms with E-state index < -0.39 is 10.0 Å². The van der Waals surface area contributed by atoms with Crippen LogP contribution >= 0.6 is 11.3 Å². The van der Waals surface area contributed by atoms with Crippen molar-refractivity contribution in [2.45, 2.75) is 23.9 Å². The van der Waals surface area contributed by atoms with Gasteiger partial charge in [0, 0.05) is 30.6 Å². The number of thiophene rings is 1. The summed E-state index contributed by atoms with van der Waals surface area (Å²) >= 11 is 1.66. The van der Waals surface area contributed by atoms with Gasteiger partial charge in [0.05, 0.1) is 10.9 Å². The first-order valence-corrected chi connectivity index (χ1v) is 12.7. The third-order valence-electron chi connectivity index (χ3n) is 5.76. The van der Waals surface area contributed by atoms with E-state index in [9.17, 15) is 8.42 Å². The van der Waals surface area contributed by atoms with Crippen molar-refractivity contribution in [3.63, 3.8) is 0 Å². The number of benzene rings is 2. The van der Waals surface area contributed by atoms with Crippen LogP contribution in [0.1, 0.15) is 22.0 Å². The van der Waals surface area contributed by atoms with Crippen molar-refractivity contribution in [2.75, 3.05) is 26.3 Å². The van der Waals surface area contributed by atoms with Crippen LogP contribution in [0.25, 0.3) is 0 Å². The summed E-state index contributed by atoms with van der Waals surface area (Å²) in [5.41, 5.74) is 2.69. The minimum atomic E-state index is -3.69. The van der Waals surface area contributed by atoms with E-state index in [0.717, 1.165) is 24.4 Å². The summed E-state index contributed by atoms with van der Waals surface area (Å²) in [7, 11) is -3.69. The molecule has 0 aliphatic carbocycles. The Morgan fingerprint density at radius 3 is 2.61 bits per heavy atom. The molecule has 31 heavy (non-hydrogen) atoms. The van der Waals surface area contributed by atoms with Crippen molar-refractivity contribution < 1.29 is 17.9 Å². The Balaban J connectivity index is 1.36. The summed E-state index contributed by atoms with van der Waals surface area (Å²) in [6, 6.07) is 17.3. The molecule has 0 spiro atoms. The van der Waals surface area contributed by atoms with Gasteiger partial charge < -0.3 is 9.47 Å². The summed E-state index contributed by atoms with van der Waals surface area (Å²) in [5, 5.41) is 2.04. The molecule has 1 N–H and O–H groups in total. The molecule has 0 bridgehead atoms. The lowest BCUT2D eigenvalue weighted by molar-refractivity contribution is 0.171. The van der Waals surface area contributed by atoms with Gasteiger partial charge in [0.25, 0.3) is 0 Å². The zero-order valence-electron chi connectivity index (χ0n) is 17.0. The molecule has 3 heterocycles. The molecule has 162 valence electrons. The zero-order valence-corrected chi connectivity index (χ0v) is 18.6. The van der Waals surface area contributed by atoms with Crippen molar-refractivity contribution in [1.82, 2.24) is 9.62 Å². The van der Waals surface area contributed by atoms with Gasteiger partial charge in [-0.1, -0.05) is 30.3 Å². The molecule has 0 amide bonds. The van der Waals surface area contributed by atoms with Crippen LogP contribution in [0.2, 0.25) is 0 Å². The van der Waals surface area contributed by atoms with E-state index in [1.54, 1.807) is 23.5 Å². The van der Waals surface area contributed by atoms with Gasteiger partial charge >= 0.3 is 0 Å². The fraction of sp³-hybridized carbons (Fsp3) is 0.304. The van der Waals surface area contributed by atoms with Crippen LogP contribution in [0.4, 0.5) is 0 Å². The lowest BCUT2D eigenvalue weighted by atomic mass is 9.98. The normalized spacial score (nSPS) is 17.2. The highest BCUT2D eigenvalue weighted by atomic mass is 32.2. The van der Waals surface area contributed by atoms with Crippen LogP contribution in [0.15, 0.2) is 64.9 Å². The number of sulfonamides is 1. The molecule has 8 heteroatoms. The molecular weight excluding hydrogens is 432 g/mol. The minimum Gasteiger partial charge on any atom is -0.486 e. The molecular formula is C23H24N2O4S2. The predicted molar refractivity (Wildman–Crippen MR) is 120 cm³/mol. The maximum atomic E-state index is 13.1. The van der Waals surface area contributed by atoms with Crippen LogP contribution in [0.3, 0.4) is 0 Å². The van der Waals surface area contributed by atoms with Crippen molar-refractivity contribution in [3.8, 4) is 11.5 Å². The quantitative estimate of drug-likeness (QED) is 0.614. The summed E-state index contributed by atoms with van der Waals surface area (Å²) in [6.07, 6.45) is 0.965. The van der Waals surface area contributed by atoms with E-state index >= 15 is 0 Å². The number of rotatable bonds is 6. The maximum absolute atomic E-state index is 13.1. The van der Waals surface area contributed by atoms with Crippen LogP contribution in [-0.4, -0.2) is 39.6 Å². The Hall–Kier alpha value is -2.39. The Morgan fingerprint density at radius 1 is 1.00 bits per heavy atom. The molecule has 1 atom stereocenters. The molecule has 5 rings (SSSR count).